The summed E-state index contributed by atoms with van der Waals surface area (Å²) in [5, 5.41) is 26.4. The van der Waals surface area contributed by atoms with Gasteiger partial charge < -0.3 is 9.05 Å². The average molecular weight is 597 g/mol. The summed E-state index contributed by atoms with van der Waals surface area (Å²) in [7, 11) is -9.92. The van der Waals surface area contributed by atoms with Gasteiger partial charge in [-0.1, -0.05) is 42.4 Å². The average Bonchev–Trinajstić information content (AvgIpc) is 3.57. The number of rotatable bonds is 8. The first-order valence-corrected chi connectivity index (χ1v) is 13.2. The highest BCUT2D eigenvalue weighted by molar-refractivity contribution is 7.86. The molecule has 0 atom stereocenters. The molecule has 0 fully saturated rings. The number of nitro benzene ring substituents is 2. The fourth-order valence-corrected chi connectivity index (χ4v) is 3.64. The molecule has 0 saturated carbocycles. The Morgan fingerprint density at radius 3 is 1.30 bits per heavy atom. The third-order valence-corrected chi connectivity index (χ3v) is 5.97. The Kier molecular flexibility index (Phi) is 8.97. The maximum atomic E-state index is 12.6. The Balaban J connectivity index is 0.000000220. The molecule has 4 aromatic rings. The minimum absolute atomic E-state index is 0.0272. The molecule has 0 amide bonds. The van der Waals surface area contributed by atoms with Crippen molar-refractivity contribution in [3.63, 3.8) is 0 Å². The highest BCUT2D eigenvalue weighted by Gasteiger charge is 2.19. The molecule has 2 aromatic carbocycles. The van der Waals surface area contributed by atoms with E-state index in [9.17, 15) is 44.8 Å². The summed E-state index contributed by atoms with van der Waals surface area (Å²) in [6.45, 7) is 0. The van der Waals surface area contributed by atoms with Crippen LogP contribution in [0.2, 0.25) is 0 Å². The summed E-state index contributed by atoms with van der Waals surface area (Å²) >= 11 is 0. The predicted molar refractivity (Wildman–Crippen MR) is 134 cm³/mol. The number of benzene rings is 2. The Morgan fingerprint density at radius 1 is 0.650 bits per heavy atom. The molecule has 14 nitrogen and oxygen atoms in total. The van der Waals surface area contributed by atoms with Gasteiger partial charge >= 0.3 is 20.4 Å². The van der Waals surface area contributed by atoms with Gasteiger partial charge in [0.2, 0.25) is 0 Å². The molecule has 208 valence electrons. The molecule has 2 aromatic heterocycles. The highest BCUT2D eigenvalue weighted by Crippen LogP contribution is 2.22. The van der Waals surface area contributed by atoms with E-state index in [1.165, 1.54) is 60.7 Å². The number of nitro groups is 2. The van der Waals surface area contributed by atoms with Gasteiger partial charge in [0.05, 0.1) is 21.0 Å². The maximum absolute atomic E-state index is 12.6. The van der Waals surface area contributed by atoms with Crippen molar-refractivity contribution in [2.24, 2.45) is 0 Å². The summed E-state index contributed by atoms with van der Waals surface area (Å²) in [5.74, 6) is 0. The van der Waals surface area contributed by atoms with E-state index >= 15 is 0 Å². The van der Waals surface area contributed by atoms with Crippen molar-refractivity contribution in [3.8, 4) is 0 Å². The minimum Gasteiger partial charge on any atom is -0.341 e. The van der Waals surface area contributed by atoms with E-state index < -0.39 is 40.5 Å². The number of nitrogens with zero attached hydrogens (tertiary/aromatic N) is 4. The van der Waals surface area contributed by atoms with E-state index in [0.717, 1.165) is 12.1 Å². The van der Waals surface area contributed by atoms with E-state index in [0.29, 0.717) is 11.1 Å². The monoisotopic (exact) mass is 596 g/mol. The summed E-state index contributed by atoms with van der Waals surface area (Å²) in [5.41, 5.74) is 0.408. The van der Waals surface area contributed by atoms with Crippen LogP contribution in [0.4, 0.5) is 19.1 Å². The van der Waals surface area contributed by atoms with Gasteiger partial charge in [0.15, 0.2) is 0 Å². The van der Waals surface area contributed by atoms with E-state index in [4.69, 9.17) is 0 Å². The number of hydrogen-bond donors (Lipinski definition) is 0. The van der Waals surface area contributed by atoms with E-state index in [-0.39, 0.29) is 22.8 Å². The molecule has 2 heterocycles. The summed E-state index contributed by atoms with van der Waals surface area (Å²) in [6.07, 6.45) is 5.26. The lowest BCUT2D eigenvalue weighted by Gasteiger charge is -1.95. The normalized spacial score (nSPS) is 11.8. The van der Waals surface area contributed by atoms with E-state index in [2.05, 4.69) is 19.4 Å². The molecule has 0 N–H and O–H groups in total. The number of aromatic nitrogens is 2. The second-order valence-electron chi connectivity index (χ2n) is 7.32. The lowest BCUT2D eigenvalue weighted by molar-refractivity contribution is -0.385. The molecule has 0 radical (unpaired) electrons. The van der Waals surface area contributed by atoms with Gasteiger partial charge in [-0.25, -0.2) is 0 Å². The molecule has 0 aliphatic heterocycles. The maximum Gasteiger partial charge on any atom is 0.368 e. The van der Waals surface area contributed by atoms with Crippen LogP contribution in [0.1, 0.15) is 22.5 Å². The Hall–Kier alpha value is -5.10. The molecule has 0 aliphatic rings. The first-order valence-electron chi connectivity index (χ1n) is 10.4. The number of para-hydroxylation sites is 2. The van der Waals surface area contributed by atoms with Crippen LogP contribution in [0.15, 0.2) is 79.9 Å². The van der Waals surface area contributed by atoms with Crippen LogP contribution in [0.3, 0.4) is 0 Å². The lowest BCUT2D eigenvalue weighted by Crippen LogP contribution is -1.90. The van der Waals surface area contributed by atoms with Crippen LogP contribution < -0.4 is 0 Å². The number of halogens is 2. The standard InChI is InChI=1S/2C11H7FN2O5S/c2*12-20(17,18)11-7-9(13-19-11)6-5-8-3-1-2-4-10(8)14(15)16/h2*1-7H/b2*6-5+. The first kappa shape index (κ1) is 29.5. The minimum atomic E-state index is -4.96. The SMILES string of the molecule is O=[N+]([O-])c1ccccc1/C=C/c1cc(S(=O)(=O)F)on1.O=[N+]([O-])c1ccccc1/C=C/c1cc(S(=O)(=O)F)on1. The van der Waals surface area contributed by atoms with Gasteiger partial charge in [-0.15, -0.1) is 0 Å². The van der Waals surface area contributed by atoms with Gasteiger partial charge in [-0.05, 0) is 36.4 Å². The second-order valence-corrected chi connectivity index (χ2v) is 9.87. The van der Waals surface area contributed by atoms with Crippen LogP contribution in [0.5, 0.6) is 0 Å². The molecule has 0 saturated heterocycles. The first-order chi connectivity index (χ1) is 18.8. The summed E-state index contributed by atoms with van der Waals surface area (Å²) in [6, 6.07) is 13.6. The molecule has 40 heavy (non-hydrogen) atoms. The topological polar surface area (TPSA) is 207 Å². The van der Waals surface area contributed by atoms with Gasteiger partial charge in [0.25, 0.3) is 21.6 Å². The Labute approximate surface area is 223 Å². The summed E-state index contributed by atoms with van der Waals surface area (Å²) in [4.78, 5) is 20.4. The highest BCUT2D eigenvalue weighted by atomic mass is 32.3. The third kappa shape index (κ3) is 7.95. The zero-order valence-corrected chi connectivity index (χ0v) is 21.2. The molecule has 0 unspecified atom stereocenters. The van der Waals surface area contributed by atoms with Gasteiger partial charge in [0, 0.05) is 24.3 Å². The van der Waals surface area contributed by atoms with Gasteiger partial charge in [-0.2, -0.15) is 16.8 Å². The van der Waals surface area contributed by atoms with Crippen LogP contribution in [-0.2, 0) is 20.4 Å². The van der Waals surface area contributed by atoms with Crippen molar-refractivity contribution < 1.29 is 43.5 Å². The van der Waals surface area contributed by atoms with E-state index in [1.54, 1.807) is 12.1 Å². The molecule has 0 spiro atoms. The van der Waals surface area contributed by atoms with Crippen molar-refractivity contribution in [3.05, 3.63) is 103 Å². The van der Waals surface area contributed by atoms with Crippen molar-refractivity contribution in [1.29, 1.82) is 0 Å². The van der Waals surface area contributed by atoms with Crippen LogP contribution >= 0.6 is 0 Å². The van der Waals surface area contributed by atoms with Crippen molar-refractivity contribution in [1.82, 2.24) is 10.3 Å². The zero-order valence-electron chi connectivity index (χ0n) is 19.5. The number of hydrogen-bond acceptors (Lipinski definition) is 12. The lowest BCUT2D eigenvalue weighted by atomic mass is 10.1. The molecule has 0 bridgehead atoms. The fraction of sp³-hybridized carbons (Fsp3) is 0. The molecular formula is C22H14F2N4O10S2. The Bertz CT molecular complexity index is 1700. The molecular weight excluding hydrogens is 582 g/mol. The van der Waals surface area contributed by atoms with Crippen LogP contribution in [-0.4, -0.2) is 37.0 Å². The third-order valence-electron chi connectivity index (χ3n) is 4.63. The van der Waals surface area contributed by atoms with Gasteiger partial charge in [0.1, 0.15) is 11.4 Å². The van der Waals surface area contributed by atoms with Crippen molar-refractivity contribution in [2.45, 2.75) is 10.2 Å². The van der Waals surface area contributed by atoms with Crippen molar-refractivity contribution >= 4 is 56.1 Å². The molecule has 18 heteroatoms. The summed E-state index contributed by atoms with van der Waals surface area (Å²) < 4.78 is 76.0. The van der Waals surface area contributed by atoms with Crippen LogP contribution in [0.25, 0.3) is 24.3 Å². The van der Waals surface area contributed by atoms with Crippen LogP contribution in [0, 0.1) is 20.2 Å². The largest absolute Gasteiger partial charge is 0.368 e. The van der Waals surface area contributed by atoms with E-state index in [1.807, 2.05) is 0 Å². The zero-order chi connectivity index (χ0) is 29.5. The second kappa shape index (κ2) is 12.2. The molecule has 4 rings (SSSR count). The molecule has 0 aliphatic carbocycles. The Morgan fingerprint density at radius 2 is 1.00 bits per heavy atom. The quantitative estimate of drug-likeness (QED) is 0.152. The van der Waals surface area contributed by atoms with Gasteiger partial charge in [-0.3, -0.25) is 20.2 Å². The predicted octanol–water partition coefficient (Wildman–Crippen LogP) is 4.82. The smallest absolute Gasteiger partial charge is 0.341 e. The van der Waals surface area contributed by atoms with Crippen molar-refractivity contribution in [2.75, 3.05) is 0 Å². The fourth-order valence-electron chi connectivity index (χ4n) is 2.87.